The molecule has 0 saturated heterocycles. The quantitative estimate of drug-likeness (QED) is 0.776. The number of H-pyrrole nitrogens is 1. The molecule has 0 saturated carbocycles. The van der Waals surface area contributed by atoms with Gasteiger partial charge >= 0.3 is 5.97 Å². The SMILES string of the molecule is COCC(=O)Oc1cc2ccccc2[nH]1. The number of hydrogen-bond donors (Lipinski definition) is 1. The van der Waals surface area contributed by atoms with E-state index in [1.807, 2.05) is 24.3 Å². The molecule has 2 aromatic rings. The first kappa shape index (κ1) is 9.73. The number of ether oxygens (including phenoxy) is 2. The maximum Gasteiger partial charge on any atom is 0.338 e. The van der Waals surface area contributed by atoms with E-state index in [0.29, 0.717) is 5.88 Å². The first-order chi connectivity index (χ1) is 7.29. The van der Waals surface area contributed by atoms with E-state index < -0.39 is 5.97 Å². The molecule has 0 fully saturated rings. The molecule has 78 valence electrons. The third-order valence-corrected chi connectivity index (χ3v) is 1.99. The van der Waals surface area contributed by atoms with Crippen LogP contribution in [-0.4, -0.2) is 24.7 Å². The molecule has 2 rings (SSSR count). The van der Waals surface area contributed by atoms with Crippen LogP contribution in [0.5, 0.6) is 5.88 Å². The van der Waals surface area contributed by atoms with Crippen molar-refractivity contribution < 1.29 is 14.3 Å². The fourth-order valence-corrected chi connectivity index (χ4v) is 1.37. The van der Waals surface area contributed by atoms with Crippen molar-refractivity contribution in [2.75, 3.05) is 13.7 Å². The Kier molecular flexibility index (Phi) is 2.69. The summed E-state index contributed by atoms with van der Waals surface area (Å²) in [6.07, 6.45) is 0. The molecule has 0 bridgehead atoms. The molecule has 0 unspecified atom stereocenters. The van der Waals surface area contributed by atoms with Crippen LogP contribution in [0, 0.1) is 0 Å². The van der Waals surface area contributed by atoms with Crippen molar-refractivity contribution in [3.63, 3.8) is 0 Å². The highest BCUT2D eigenvalue weighted by Gasteiger charge is 2.06. The van der Waals surface area contributed by atoms with Gasteiger partial charge in [-0.1, -0.05) is 18.2 Å². The third-order valence-electron chi connectivity index (χ3n) is 1.99. The van der Waals surface area contributed by atoms with Crippen LogP contribution < -0.4 is 4.74 Å². The Balaban J connectivity index is 2.18. The van der Waals surface area contributed by atoms with E-state index in [-0.39, 0.29) is 6.61 Å². The lowest BCUT2D eigenvalue weighted by Crippen LogP contribution is -2.14. The summed E-state index contributed by atoms with van der Waals surface area (Å²) in [6.45, 7) is -0.0463. The zero-order valence-corrected chi connectivity index (χ0v) is 8.32. The molecule has 0 radical (unpaired) electrons. The van der Waals surface area contributed by atoms with Crippen molar-refractivity contribution >= 4 is 16.9 Å². The van der Waals surface area contributed by atoms with Gasteiger partial charge in [0, 0.05) is 24.1 Å². The van der Waals surface area contributed by atoms with E-state index >= 15 is 0 Å². The molecule has 1 heterocycles. The highest BCUT2D eigenvalue weighted by atomic mass is 16.6. The summed E-state index contributed by atoms with van der Waals surface area (Å²) in [5.74, 6) is 0.0299. The van der Waals surface area contributed by atoms with Gasteiger partial charge in [0.2, 0.25) is 5.88 Å². The Morgan fingerprint density at radius 3 is 2.93 bits per heavy atom. The van der Waals surface area contributed by atoms with Gasteiger partial charge in [0.05, 0.1) is 0 Å². The van der Waals surface area contributed by atoms with Gasteiger partial charge in [-0.05, 0) is 6.07 Å². The summed E-state index contributed by atoms with van der Waals surface area (Å²) in [6, 6.07) is 9.49. The van der Waals surface area contributed by atoms with E-state index in [0.717, 1.165) is 10.9 Å². The molecule has 4 heteroatoms. The van der Waals surface area contributed by atoms with Gasteiger partial charge in [0.25, 0.3) is 0 Å². The van der Waals surface area contributed by atoms with Gasteiger partial charge in [-0.15, -0.1) is 0 Å². The highest BCUT2D eigenvalue weighted by Crippen LogP contribution is 2.19. The van der Waals surface area contributed by atoms with Crippen LogP contribution in [0.25, 0.3) is 10.9 Å². The molecule has 0 amide bonds. The summed E-state index contributed by atoms with van der Waals surface area (Å²) in [4.78, 5) is 14.1. The van der Waals surface area contributed by atoms with Crippen LogP contribution in [0.4, 0.5) is 0 Å². The Morgan fingerprint density at radius 1 is 1.40 bits per heavy atom. The molecule has 0 aliphatic carbocycles. The molecule has 0 aliphatic rings. The molecular formula is C11H11NO3. The van der Waals surface area contributed by atoms with E-state index in [1.54, 1.807) is 6.07 Å². The number of rotatable bonds is 3. The van der Waals surface area contributed by atoms with E-state index in [4.69, 9.17) is 4.74 Å². The van der Waals surface area contributed by atoms with Crippen LogP contribution in [0.1, 0.15) is 0 Å². The Morgan fingerprint density at radius 2 is 2.20 bits per heavy atom. The van der Waals surface area contributed by atoms with E-state index in [2.05, 4.69) is 9.72 Å². The second-order valence-corrected chi connectivity index (χ2v) is 3.13. The zero-order valence-electron chi connectivity index (χ0n) is 8.32. The number of methoxy groups -OCH3 is 1. The number of carbonyl (C=O) groups excluding carboxylic acids is 1. The number of aromatic nitrogens is 1. The smallest absolute Gasteiger partial charge is 0.338 e. The Bertz CT molecular complexity index is 442. The van der Waals surface area contributed by atoms with Crippen molar-refractivity contribution in [3.05, 3.63) is 30.3 Å². The Labute approximate surface area is 86.8 Å². The minimum absolute atomic E-state index is 0.0463. The van der Waals surface area contributed by atoms with Crippen molar-refractivity contribution in [2.45, 2.75) is 0 Å². The largest absolute Gasteiger partial charge is 0.408 e. The van der Waals surface area contributed by atoms with Gasteiger partial charge in [-0.2, -0.15) is 0 Å². The summed E-state index contributed by atoms with van der Waals surface area (Å²) in [5, 5.41) is 1.01. The number of para-hydroxylation sites is 1. The maximum atomic E-state index is 11.1. The molecule has 0 spiro atoms. The Hall–Kier alpha value is -1.81. The average molecular weight is 205 g/mol. The molecule has 4 nitrogen and oxygen atoms in total. The third kappa shape index (κ3) is 2.16. The standard InChI is InChI=1S/C11H11NO3/c1-14-7-11(13)15-10-6-8-4-2-3-5-9(8)12-10/h2-6,12H,7H2,1H3. The number of esters is 1. The number of hydrogen-bond acceptors (Lipinski definition) is 3. The van der Waals surface area contributed by atoms with Crippen LogP contribution in [0.2, 0.25) is 0 Å². The van der Waals surface area contributed by atoms with Gasteiger partial charge < -0.3 is 14.5 Å². The van der Waals surface area contributed by atoms with Crippen molar-refractivity contribution in [1.29, 1.82) is 0 Å². The second kappa shape index (κ2) is 4.14. The predicted octanol–water partition coefficient (Wildman–Crippen LogP) is 1.72. The fraction of sp³-hybridized carbons (Fsp3) is 0.182. The molecule has 1 aromatic heterocycles. The fourth-order valence-electron chi connectivity index (χ4n) is 1.37. The molecule has 0 aliphatic heterocycles. The topological polar surface area (TPSA) is 51.3 Å². The van der Waals surface area contributed by atoms with Crippen LogP contribution >= 0.6 is 0 Å². The summed E-state index contributed by atoms with van der Waals surface area (Å²) in [7, 11) is 1.45. The lowest BCUT2D eigenvalue weighted by atomic mass is 10.3. The lowest BCUT2D eigenvalue weighted by molar-refractivity contribution is -0.138. The van der Waals surface area contributed by atoms with Crippen LogP contribution in [0.15, 0.2) is 30.3 Å². The summed E-state index contributed by atoms with van der Waals surface area (Å²) in [5.41, 5.74) is 0.942. The number of carbonyl (C=O) groups is 1. The first-order valence-corrected chi connectivity index (χ1v) is 4.57. The van der Waals surface area contributed by atoms with Crippen molar-refractivity contribution in [3.8, 4) is 5.88 Å². The summed E-state index contributed by atoms with van der Waals surface area (Å²) < 4.78 is 9.68. The van der Waals surface area contributed by atoms with Crippen LogP contribution in [-0.2, 0) is 9.53 Å². The number of nitrogens with one attached hydrogen (secondary N) is 1. The molecule has 1 N–H and O–H groups in total. The lowest BCUT2D eigenvalue weighted by Gasteiger charge is -1.98. The molecule has 1 aromatic carbocycles. The number of fused-ring (bicyclic) bond motifs is 1. The number of benzene rings is 1. The normalized spacial score (nSPS) is 10.5. The molecule has 15 heavy (non-hydrogen) atoms. The zero-order chi connectivity index (χ0) is 10.7. The highest BCUT2D eigenvalue weighted by molar-refractivity contribution is 5.82. The average Bonchev–Trinajstić information content (AvgIpc) is 2.59. The molecular weight excluding hydrogens is 194 g/mol. The van der Waals surface area contributed by atoms with Gasteiger partial charge in [-0.25, -0.2) is 4.79 Å². The van der Waals surface area contributed by atoms with E-state index in [1.165, 1.54) is 7.11 Å². The minimum atomic E-state index is -0.413. The van der Waals surface area contributed by atoms with Gasteiger partial charge in [-0.3, -0.25) is 0 Å². The summed E-state index contributed by atoms with van der Waals surface area (Å²) >= 11 is 0. The maximum absolute atomic E-state index is 11.1. The van der Waals surface area contributed by atoms with Crippen molar-refractivity contribution in [1.82, 2.24) is 4.98 Å². The van der Waals surface area contributed by atoms with Crippen molar-refractivity contribution in [2.24, 2.45) is 0 Å². The van der Waals surface area contributed by atoms with Gasteiger partial charge in [0.15, 0.2) is 0 Å². The monoisotopic (exact) mass is 205 g/mol. The predicted molar refractivity (Wildman–Crippen MR) is 55.8 cm³/mol. The minimum Gasteiger partial charge on any atom is -0.408 e. The first-order valence-electron chi connectivity index (χ1n) is 4.57. The number of aromatic amines is 1. The van der Waals surface area contributed by atoms with Gasteiger partial charge in [0.1, 0.15) is 6.61 Å². The van der Waals surface area contributed by atoms with Crippen LogP contribution in [0.3, 0.4) is 0 Å². The van der Waals surface area contributed by atoms with E-state index in [9.17, 15) is 4.79 Å². The molecule has 0 atom stereocenters. The second-order valence-electron chi connectivity index (χ2n) is 3.13.